The lowest BCUT2D eigenvalue weighted by Gasteiger charge is -2.40. The van der Waals surface area contributed by atoms with Gasteiger partial charge in [-0.3, -0.25) is 14.9 Å². The Morgan fingerprint density at radius 2 is 2.12 bits per heavy atom. The highest BCUT2D eigenvalue weighted by molar-refractivity contribution is 6.31. The lowest BCUT2D eigenvalue weighted by atomic mass is 9.93. The van der Waals surface area contributed by atoms with Gasteiger partial charge >= 0.3 is 5.97 Å². The molecule has 7 nitrogen and oxygen atoms in total. The molecule has 3 atom stereocenters. The Balaban J connectivity index is 2.15. The molecule has 1 aromatic carbocycles. The van der Waals surface area contributed by atoms with E-state index in [4.69, 9.17) is 21.4 Å². The lowest BCUT2D eigenvalue weighted by Crippen LogP contribution is -2.56. The summed E-state index contributed by atoms with van der Waals surface area (Å²) in [5.74, 6) is -1.64. The molecule has 3 N–H and O–H groups in total. The van der Waals surface area contributed by atoms with E-state index in [9.17, 15) is 14.4 Å². The standard InChI is InChI=1S/C18H23ClN2O5/c1-12(17(25)20-13(11-22)10-16(23)24)21-18(8-4-5-9-26-18)14-6-2-3-7-15(14)19/h2-3,6-7,11-13,21H,4-5,8-10H2,1H3,(H,20,25)(H,23,24)/t12-,13-,18?/m0/s1. The third-order valence-electron chi connectivity index (χ3n) is 4.31. The van der Waals surface area contributed by atoms with Crippen molar-refractivity contribution in [1.82, 2.24) is 10.6 Å². The topological polar surface area (TPSA) is 105 Å². The van der Waals surface area contributed by atoms with Gasteiger partial charge in [0, 0.05) is 17.2 Å². The number of carbonyl (C=O) groups is 3. The van der Waals surface area contributed by atoms with Crippen LogP contribution in [0.15, 0.2) is 24.3 Å². The molecule has 1 aliphatic heterocycles. The molecule has 1 fully saturated rings. The number of carbonyl (C=O) groups excluding carboxylic acids is 2. The Kier molecular flexibility index (Phi) is 7.14. The molecule has 0 aromatic heterocycles. The van der Waals surface area contributed by atoms with E-state index in [2.05, 4.69) is 10.6 Å². The number of hydrogen-bond donors (Lipinski definition) is 3. The maximum Gasteiger partial charge on any atom is 0.305 e. The van der Waals surface area contributed by atoms with Crippen molar-refractivity contribution in [3.05, 3.63) is 34.9 Å². The number of halogens is 1. The monoisotopic (exact) mass is 382 g/mol. The molecule has 1 saturated heterocycles. The number of hydrogen-bond acceptors (Lipinski definition) is 5. The fraction of sp³-hybridized carbons (Fsp3) is 0.500. The zero-order valence-electron chi connectivity index (χ0n) is 14.5. The van der Waals surface area contributed by atoms with E-state index in [-0.39, 0.29) is 0 Å². The minimum Gasteiger partial charge on any atom is -0.481 e. The van der Waals surface area contributed by atoms with Gasteiger partial charge in [0.25, 0.3) is 0 Å². The second-order valence-corrected chi connectivity index (χ2v) is 6.73. The van der Waals surface area contributed by atoms with Gasteiger partial charge in [0.2, 0.25) is 5.91 Å². The van der Waals surface area contributed by atoms with Gasteiger partial charge < -0.3 is 20.0 Å². The van der Waals surface area contributed by atoms with E-state index in [1.54, 1.807) is 13.0 Å². The summed E-state index contributed by atoms with van der Waals surface area (Å²) in [6.45, 7) is 2.16. The average molecular weight is 383 g/mol. The summed E-state index contributed by atoms with van der Waals surface area (Å²) in [5, 5.41) is 14.9. The normalized spacial score (nSPS) is 22.2. The van der Waals surface area contributed by atoms with Gasteiger partial charge in [-0.15, -0.1) is 0 Å². The van der Waals surface area contributed by atoms with Crippen molar-refractivity contribution < 1.29 is 24.2 Å². The van der Waals surface area contributed by atoms with Gasteiger partial charge in [-0.25, -0.2) is 0 Å². The smallest absolute Gasteiger partial charge is 0.305 e. The molecule has 0 spiro atoms. The summed E-state index contributed by atoms with van der Waals surface area (Å²) in [6, 6.07) is 5.48. The van der Waals surface area contributed by atoms with Crippen molar-refractivity contribution in [3.63, 3.8) is 0 Å². The summed E-state index contributed by atoms with van der Waals surface area (Å²) in [6.07, 6.45) is 2.41. The molecule has 0 bridgehead atoms. The first-order valence-electron chi connectivity index (χ1n) is 8.52. The molecule has 0 radical (unpaired) electrons. The number of carboxylic acid groups (broad SMARTS) is 1. The maximum atomic E-state index is 12.4. The first kappa shape index (κ1) is 20.4. The molecule has 0 aliphatic carbocycles. The lowest BCUT2D eigenvalue weighted by molar-refractivity contribution is -0.140. The van der Waals surface area contributed by atoms with Crippen LogP contribution < -0.4 is 10.6 Å². The second kappa shape index (κ2) is 9.12. The molecule has 1 aromatic rings. The van der Waals surface area contributed by atoms with Crippen LogP contribution in [0.5, 0.6) is 0 Å². The maximum absolute atomic E-state index is 12.4. The van der Waals surface area contributed by atoms with Crippen LogP contribution in [0.3, 0.4) is 0 Å². The summed E-state index contributed by atoms with van der Waals surface area (Å²) < 4.78 is 6.01. The van der Waals surface area contributed by atoms with Crippen molar-refractivity contribution in [3.8, 4) is 0 Å². The van der Waals surface area contributed by atoms with Gasteiger partial charge in [-0.2, -0.15) is 0 Å². The van der Waals surface area contributed by atoms with Crippen LogP contribution in [0, 0.1) is 0 Å². The minimum absolute atomic E-state index is 0.416. The Morgan fingerprint density at radius 1 is 1.38 bits per heavy atom. The van der Waals surface area contributed by atoms with E-state index in [1.165, 1.54) is 0 Å². The third kappa shape index (κ3) is 5.03. The van der Waals surface area contributed by atoms with Gasteiger partial charge in [-0.05, 0) is 32.3 Å². The van der Waals surface area contributed by atoms with Crippen molar-refractivity contribution in [2.75, 3.05) is 6.61 Å². The molecule has 1 unspecified atom stereocenters. The van der Waals surface area contributed by atoms with Gasteiger partial charge in [-0.1, -0.05) is 29.8 Å². The molecule has 142 valence electrons. The van der Waals surface area contributed by atoms with Gasteiger partial charge in [0.15, 0.2) is 0 Å². The number of aldehydes is 1. The number of amides is 1. The third-order valence-corrected chi connectivity index (χ3v) is 4.64. The number of carboxylic acids is 1. The molecule has 2 rings (SSSR count). The SMILES string of the molecule is C[C@H](NC1(c2ccccc2Cl)CCCCO1)C(=O)N[C@H](C=O)CC(=O)O. The van der Waals surface area contributed by atoms with Crippen molar-refractivity contribution in [2.45, 2.75) is 50.4 Å². The predicted molar refractivity (Wildman–Crippen MR) is 95.8 cm³/mol. The molecule has 1 aliphatic rings. The zero-order chi connectivity index (χ0) is 19.2. The van der Waals surface area contributed by atoms with E-state index in [1.807, 2.05) is 18.2 Å². The summed E-state index contributed by atoms with van der Waals surface area (Å²) in [4.78, 5) is 34.1. The van der Waals surface area contributed by atoms with E-state index >= 15 is 0 Å². The van der Waals surface area contributed by atoms with Crippen LogP contribution in [0.2, 0.25) is 5.02 Å². The largest absolute Gasteiger partial charge is 0.481 e. The van der Waals surface area contributed by atoms with Gasteiger partial charge in [0.1, 0.15) is 12.0 Å². The molecule has 0 saturated carbocycles. The Morgan fingerprint density at radius 3 is 2.69 bits per heavy atom. The summed E-state index contributed by atoms with van der Waals surface area (Å²) in [5.41, 5.74) is -0.157. The van der Waals surface area contributed by atoms with Crippen LogP contribution in [0.25, 0.3) is 0 Å². The number of ether oxygens (including phenoxy) is 1. The number of nitrogens with one attached hydrogen (secondary N) is 2. The summed E-state index contributed by atoms with van der Waals surface area (Å²) in [7, 11) is 0. The van der Waals surface area contributed by atoms with Crippen LogP contribution in [-0.4, -0.2) is 42.0 Å². The number of aliphatic carboxylic acids is 1. The van der Waals surface area contributed by atoms with Crippen LogP contribution in [-0.2, 0) is 24.8 Å². The Labute approximate surface area is 157 Å². The predicted octanol–water partition coefficient (Wildman–Crippen LogP) is 1.83. The van der Waals surface area contributed by atoms with Crippen molar-refractivity contribution in [2.24, 2.45) is 0 Å². The van der Waals surface area contributed by atoms with Crippen LogP contribution >= 0.6 is 11.6 Å². The highest BCUT2D eigenvalue weighted by atomic mass is 35.5. The molecule has 1 amide bonds. The van der Waals surface area contributed by atoms with Crippen LogP contribution in [0.1, 0.15) is 38.2 Å². The number of rotatable bonds is 8. The fourth-order valence-electron chi connectivity index (χ4n) is 3.03. The molecular formula is C18H23ClN2O5. The Hall–Kier alpha value is -1.96. The fourth-order valence-corrected chi connectivity index (χ4v) is 3.32. The molecular weight excluding hydrogens is 360 g/mol. The quantitative estimate of drug-likeness (QED) is 0.592. The van der Waals surface area contributed by atoms with E-state index in [0.717, 1.165) is 18.4 Å². The molecule has 1 heterocycles. The highest BCUT2D eigenvalue weighted by Gasteiger charge is 2.39. The second-order valence-electron chi connectivity index (χ2n) is 6.33. The first-order chi connectivity index (χ1) is 12.4. The average Bonchev–Trinajstić information content (AvgIpc) is 2.61. The summed E-state index contributed by atoms with van der Waals surface area (Å²) >= 11 is 6.34. The van der Waals surface area contributed by atoms with Crippen molar-refractivity contribution >= 4 is 29.8 Å². The van der Waals surface area contributed by atoms with Crippen molar-refractivity contribution in [1.29, 1.82) is 0 Å². The number of benzene rings is 1. The zero-order valence-corrected chi connectivity index (χ0v) is 15.3. The first-order valence-corrected chi connectivity index (χ1v) is 8.90. The van der Waals surface area contributed by atoms with E-state index in [0.29, 0.717) is 24.3 Å². The van der Waals surface area contributed by atoms with Gasteiger partial charge in [0.05, 0.1) is 18.5 Å². The molecule has 26 heavy (non-hydrogen) atoms. The minimum atomic E-state index is -1.16. The highest BCUT2D eigenvalue weighted by Crippen LogP contribution is 2.36. The van der Waals surface area contributed by atoms with Crippen LogP contribution in [0.4, 0.5) is 0 Å². The Bertz CT molecular complexity index is 661. The van der Waals surface area contributed by atoms with E-state index < -0.39 is 36.1 Å². The molecule has 8 heteroatoms.